The summed E-state index contributed by atoms with van der Waals surface area (Å²) in [6.45, 7) is 5.06. The quantitative estimate of drug-likeness (QED) is 0.279. The Balaban J connectivity index is 1.51. The SMILES string of the molecule is Cc1ccc(C)c(C(CCCCc2ccccc2)C(=O)OC2CCN(C(N)=O)CC2c2ccccc2)c1. The summed E-state index contributed by atoms with van der Waals surface area (Å²) in [5.41, 5.74) is 11.3. The van der Waals surface area contributed by atoms with Crippen LogP contribution < -0.4 is 5.73 Å². The molecular formula is C32H38N2O3. The molecule has 1 fully saturated rings. The normalized spacial score (nSPS) is 18.3. The zero-order valence-corrected chi connectivity index (χ0v) is 21.9. The van der Waals surface area contributed by atoms with Crippen molar-refractivity contribution in [2.45, 2.75) is 63.9 Å². The average molecular weight is 499 g/mol. The summed E-state index contributed by atoms with van der Waals surface area (Å²) < 4.78 is 6.30. The third-order valence-corrected chi connectivity index (χ3v) is 7.50. The zero-order valence-electron chi connectivity index (χ0n) is 21.9. The molecule has 1 aliphatic rings. The van der Waals surface area contributed by atoms with E-state index < -0.39 is 6.03 Å². The van der Waals surface area contributed by atoms with Crippen LogP contribution in [0.4, 0.5) is 4.79 Å². The topological polar surface area (TPSA) is 72.6 Å². The number of carbonyl (C=O) groups is 2. The van der Waals surface area contributed by atoms with Crippen molar-refractivity contribution in [3.63, 3.8) is 0 Å². The van der Waals surface area contributed by atoms with Crippen LogP contribution >= 0.6 is 0 Å². The van der Waals surface area contributed by atoms with Gasteiger partial charge in [0.05, 0.1) is 5.92 Å². The van der Waals surface area contributed by atoms with Gasteiger partial charge in [0.2, 0.25) is 0 Å². The van der Waals surface area contributed by atoms with Crippen LogP contribution in [0.1, 0.15) is 65.3 Å². The molecule has 4 rings (SSSR count). The minimum Gasteiger partial charge on any atom is -0.461 e. The van der Waals surface area contributed by atoms with Crippen molar-refractivity contribution in [3.8, 4) is 0 Å². The molecule has 0 spiro atoms. The van der Waals surface area contributed by atoms with Crippen LogP contribution in [-0.4, -0.2) is 36.1 Å². The number of esters is 1. The summed E-state index contributed by atoms with van der Waals surface area (Å²) in [6, 6.07) is 26.3. The number of carbonyl (C=O) groups excluding carboxylic acids is 2. The summed E-state index contributed by atoms with van der Waals surface area (Å²) >= 11 is 0. The van der Waals surface area contributed by atoms with Crippen LogP contribution in [0.3, 0.4) is 0 Å². The van der Waals surface area contributed by atoms with Gasteiger partial charge in [-0.15, -0.1) is 0 Å². The van der Waals surface area contributed by atoms with Gasteiger partial charge in [-0.05, 0) is 55.4 Å². The van der Waals surface area contributed by atoms with Gasteiger partial charge >= 0.3 is 12.0 Å². The fourth-order valence-electron chi connectivity index (χ4n) is 5.38. The third kappa shape index (κ3) is 7.00. The average Bonchev–Trinajstić information content (AvgIpc) is 2.91. The number of ether oxygens (including phenoxy) is 1. The maximum absolute atomic E-state index is 13.8. The fraction of sp³-hybridized carbons (Fsp3) is 0.375. The van der Waals surface area contributed by atoms with Gasteiger partial charge in [0.1, 0.15) is 6.10 Å². The molecule has 1 heterocycles. The van der Waals surface area contributed by atoms with Gasteiger partial charge in [0.25, 0.3) is 0 Å². The lowest BCUT2D eigenvalue weighted by Crippen LogP contribution is -2.48. The van der Waals surface area contributed by atoms with E-state index in [1.807, 2.05) is 36.4 Å². The van der Waals surface area contributed by atoms with Crippen molar-refractivity contribution in [2.75, 3.05) is 13.1 Å². The lowest BCUT2D eigenvalue weighted by Gasteiger charge is -2.38. The van der Waals surface area contributed by atoms with Crippen molar-refractivity contribution in [3.05, 3.63) is 107 Å². The van der Waals surface area contributed by atoms with Gasteiger partial charge in [-0.25, -0.2) is 4.79 Å². The number of benzene rings is 3. The molecule has 0 aromatic heterocycles. The van der Waals surface area contributed by atoms with Crippen LogP contribution in [0.25, 0.3) is 0 Å². The summed E-state index contributed by atoms with van der Waals surface area (Å²) in [5.74, 6) is -0.600. The highest BCUT2D eigenvalue weighted by Crippen LogP contribution is 2.33. The van der Waals surface area contributed by atoms with E-state index in [-0.39, 0.29) is 23.9 Å². The van der Waals surface area contributed by atoms with E-state index in [1.165, 1.54) is 5.56 Å². The summed E-state index contributed by atoms with van der Waals surface area (Å²) in [6.07, 6.45) is 3.96. The molecule has 3 atom stereocenters. The molecule has 3 aromatic rings. The van der Waals surface area contributed by atoms with E-state index in [0.717, 1.165) is 47.9 Å². The van der Waals surface area contributed by atoms with Crippen LogP contribution in [0, 0.1) is 13.8 Å². The highest BCUT2D eigenvalue weighted by molar-refractivity contribution is 5.79. The molecule has 0 radical (unpaired) electrons. The van der Waals surface area contributed by atoms with E-state index in [0.29, 0.717) is 19.5 Å². The molecule has 3 aromatic carbocycles. The smallest absolute Gasteiger partial charge is 0.314 e. The fourth-order valence-corrected chi connectivity index (χ4v) is 5.38. The van der Waals surface area contributed by atoms with Gasteiger partial charge in [-0.2, -0.15) is 0 Å². The van der Waals surface area contributed by atoms with E-state index in [2.05, 4.69) is 56.3 Å². The number of hydrogen-bond donors (Lipinski definition) is 1. The first kappa shape index (κ1) is 26.5. The number of hydrogen-bond acceptors (Lipinski definition) is 3. The maximum Gasteiger partial charge on any atom is 0.314 e. The Labute approximate surface area is 220 Å². The number of nitrogens with zero attached hydrogens (tertiary/aromatic N) is 1. The van der Waals surface area contributed by atoms with Gasteiger partial charge in [0, 0.05) is 25.4 Å². The van der Waals surface area contributed by atoms with E-state index >= 15 is 0 Å². The van der Waals surface area contributed by atoms with Crippen LogP contribution in [0.5, 0.6) is 0 Å². The Bertz CT molecular complexity index is 1180. The van der Waals surface area contributed by atoms with Gasteiger partial charge in [-0.1, -0.05) is 90.8 Å². The maximum atomic E-state index is 13.8. The first-order valence-electron chi connectivity index (χ1n) is 13.3. The lowest BCUT2D eigenvalue weighted by molar-refractivity contribution is -0.154. The summed E-state index contributed by atoms with van der Waals surface area (Å²) in [4.78, 5) is 27.4. The van der Waals surface area contributed by atoms with Crippen LogP contribution in [0.2, 0.25) is 0 Å². The number of primary amides is 1. The number of aryl methyl sites for hydroxylation is 3. The number of unbranched alkanes of at least 4 members (excludes halogenated alkanes) is 1. The molecule has 2 amide bonds. The van der Waals surface area contributed by atoms with Crippen molar-refractivity contribution in [1.29, 1.82) is 0 Å². The van der Waals surface area contributed by atoms with E-state index in [1.54, 1.807) is 4.90 Å². The van der Waals surface area contributed by atoms with Crippen molar-refractivity contribution >= 4 is 12.0 Å². The highest BCUT2D eigenvalue weighted by Gasteiger charge is 2.36. The van der Waals surface area contributed by atoms with Gasteiger partial charge in [0.15, 0.2) is 0 Å². The Morgan fingerprint density at radius 3 is 2.38 bits per heavy atom. The Hall–Kier alpha value is -3.60. The van der Waals surface area contributed by atoms with Gasteiger partial charge < -0.3 is 15.4 Å². The minimum absolute atomic E-state index is 0.108. The van der Waals surface area contributed by atoms with Crippen molar-refractivity contribution in [2.24, 2.45) is 5.73 Å². The third-order valence-electron chi connectivity index (χ3n) is 7.50. The zero-order chi connectivity index (χ0) is 26.2. The molecule has 1 aliphatic heterocycles. The molecule has 194 valence electrons. The molecule has 5 nitrogen and oxygen atoms in total. The second kappa shape index (κ2) is 12.6. The standard InChI is InChI=1S/C32H38N2O3/c1-23-17-18-24(2)28(21-23)27(16-10-9-13-25-11-5-3-6-12-25)31(35)37-30-19-20-34(32(33)36)22-29(30)26-14-7-4-8-15-26/h3-8,11-12,14-15,17-18,21,27,29-30H,9-10,13,16,19-20,22H2,1-2H3,(H2,33,36). The number of nitrogens with two attached hydrogens (primary N) is 1. The number of amides is 2. The van der Waals surface area contributed by atoms with Gasteiger partial charge in [-0.3, -0.25) is 4.79 Å². The largest absolute Gasteiger partial charge is 0.461 e. The van der Waals surface area contributed by atoms with Crippen molar-refractivity contribution < 1.29 is 14.3 Å². The lowest BCUT2D eigenvalue weighted by atomic mass is 9.86. The Morgan fingerprint density at radius 2 is 1.68 bits per heavy atom. The first-order valence-corrected chi connectivity index (χ1v) is 13.3. The first-order chi connectivity index (χ1) is 17.9. The highest BCUT2D eigenvalue weighted by atomic mass is 16.5. The van der Waals surface area contributed by atoms with Crippen LogP contribution in [0.15, 0.2) is 78.9 Å². The predicted octanol–water partition coefficient (Wildman–Crippen LogP) is 6.28. The summed E-state index contributed by atoms with van der Waals surface area (Å²) in [7, 11) is 0. The number of piperidine rings is 1. The molecule has 5 heteroatoms. The molecule has 0 saturated carbocycles. The molecule has 37 heavy (non-hydrogen) atoms. The van der Waals surface area contributed by atoms with Crippen molar-refractivity contribution in [1.82, 2.24) is 4.90 Å². The Kier molecular flexibility index (Phi) is 8.99. The molecule has 1 saturated heterocycles. The number of likely N-dealkylation sites (tertiary alicyclic amines) is 1. The van der Waals surface area contributed by atoms with E-state index in [4.69, 9.17) is 10.5 Å². The number of urea groups is 1. The number of rotatable bonds is 9. The summed E-state index contributed by atoms with van der Waals surface area (Å²) in [5, 5.41) is 0. The molecule has 0 aliphatic carbocycles. The molecule has 3 unspecified atom stereocenters. The molecule has 2 N–H and O–H groups in total. The molecule has 0 bridgehead atoms. The second-order valence-corrected chi connectivity index (χ2v) is 10.2. The second-order valence-electron chi connectivity index (χ2n) is 10.2. The predicted molar refractivity (Wildman–Crippen MR) is 147 cm³/mol. The monoisotopic (exact) mass is 498 g/mol. The Morgan fingerprint density at radius 1 is 0.973 bits per heavy atom. The molecular weight excluding hydrogens is 460 g/mol. The minimum atomic E-state index is -0.433. The van der Waals surface area contributed by atoms with E-state index in [9.17, 15) is 9.59 Å². The van der Waals surface area contributed by atoms with Crippen LogP contribution in [-0.2, 0) is 16.0 Å².